The van der Waals surface area contributed by atoms with Crippen molar-refractivity contribution in [3.05, 3.63) is 66.4 Å². The van der Waals surface area contributed by atoms with E-state index in [1.165, 1.54) is 0 Å². The standard InChI is InChI=1S/C23H20N4O2S/c28-21(9-6-17-4-1-3-16-5-2-10-24-22(16)17)25-18-7-8-19-20(15-18)30-23(26-19)27-11-13-29-14-12-27/h1-10,15H,11-14H2,(H,25,28)/b9-6+. The minimum Gasteiger partial charge on any atom is -0.378 e. The number of hydrogen-bond acceptors (Lipinski definition) is 6. The Labute approximate surface area is 177 Å². The van der Waals surface area contributed by atoms with Crippen molar-refractivity contribution < 1.29 is 9.53 Å². The van der Waals surface area contributed by atoms with Gasteiger partial charge in [-0.05, 0) is 30.3 Å². The third-order valence-electron chi connectivity index (χ3n) is 5.00. The number of carbonyl (C=O) groups is 1. The van der Waals surface area contributed by atoms with Gasteiger partial charge in [0.15, 0.2) is 5.13 Å². The van der Waals surface area contributed by atoms with E-state index in [1.54, 1.807) is 29.7 Å². The number of rotatable bonds is 4. The van der Waals surface area contributed by atoms with E-state index in [9.17, 15) is 4.79 Å². The molecule has 1 amide bonds. The number of ether oxygens (including phenoxy) is 1. The van der Waals surface area contributed by atoms with Gasteiger partial charge in [0.1, 0.15) is 0 Å². The molecule has 30 heavy (non-hydrogen) atoms. The maximum atomic E-state index is 12.5. The number of hydrogen-bond donors (Lipinski definition) is 1. The molecule has 6 nitrogen and oxygen atoms in total. The first-order chi connectivity index (χ1) is 14.8. The molecule has 0 atom stereocenters. The Morgan fingerprint density at radius 2 is 2.00 bits per heavy atom. The average Bonchev–Trinajstić information content (AvgIpc) is 3.22. The summed E-state index contributed by atoms with van der Waals surface area (Å²) in [5.41, 5.74) is 3.49. The molecule has 1 fully saturated rings. The molecule has 0 spiro atoms. The van der Waals surface area contributed by atoms with Crippen LogP contribution in [0.4, 0.5) is 10.8 Å². The molecule has 0 radical (unpaired) electrons. The van der Waals surface area contributed by atoms with Crippen molar-refractivity contribution in [3.63, 3.8) is 0 Å². The van der Waals surface area contributed by atoms with Crippen LogP contribution in [-0.4, -0.2) is 42.2 Å². The molecule has 0 unspecified atom stereocenters. The molecular formula is C23H20N4O2S. The Morgan fingerprint density at radius 3 is 2.90 bits per heavy atom. The summed E-state index contributed by atoms with van der Waals surface area (Å²) in [5, 5.41) is 4.99. The molecule has 0 saturated carbocycles. The van der Waals surface area contributed by atoms with Gasteiger partial charge in [0.25, 0.3) is 0 Å². The van der Waals surface area contributed by atoms with Gasteiger partial charge in [-0.1, -0.05) is 35.6 Å². The van der Waals surface area contributed by atoms with E-state index in [4.69, 9.17) is 9.72 Å². The van der Waals surface area contributed by atoms with Crippen LogP contribution < -0.4 is 10.2 Å². The quantitative estimate of drug-likeness (QED) is 0.502. The molecule has 2 aromatic heterocycles. The number of pyridine rings is 1. The molecule has 4 aromatic rings. The first-order valence-corrected chi connectivity index (χ1v) is 10.6. The van der Waals surface area contributed by atoms with E-state index in [2.05, 4.69) is 15.2 Å². The number of carbonyl (C=O) groups excluding carboxylic acids is 1. The lowest BCUT2D eigenvalue weighted by Crippen LogP contribution is -2.36. The van der Waals surface area contributed by atoms with Crippen LogP contribution in [0, 0.1) is 0 Å². The minimum absolute atomic E-state index is 0.180. The summed E-state index contributed by atoms with van der Waals surface area (Å²) >= 11 is 1.64. The first-order valence-electron chi connectivity index (χ1n) is 9.82. The summed E-state index contributed by atoms with van der Waals surface area (Å²) in [5.74, 6) is -0.180. The van der Waals surface area contributed by atoms with Crippen molar-refractivity contribution in [2.24, 2.45) is 0 Å². The van der Waals surface area contributed by atoms with Crippen LogP contribution in [-0.2, 0) is 9.53 Å². The van der Waals surface area contributed by atoms with Crippen molar-refractivity contribution in [1.29, 1.82) is 0 Å². The van der Waals surface area contributed by atoms with E-state index in [0.29, 0.717) is 0 Å². The number of aromatic nitrogens is 2. The molecule has 2 aromatic carbocycles. The molecule has 1 aliphatic heterocycles. The van der Waals surface area contributed by atoms with Crippen LogP contribution >= 0.6 is 11.3 Å². The van der Waals surface area contributed by atoms with Gasteiger partial charge in [-0.25, -0.2) is 4.98 Å². The largest absolute Gasteiger partial charge is 0.378 e. The lowest BCUT2D eigenvalue weighted by Gasteiger charge is -2.25. The smallest absolute Gasteiger partial charge is 0.248 e. The second-order valence-corrected chi connectivity index (χ2v) is 8.03. The van der Waals surface area contributed by atoms with Gasteiger partial charge in [0.2, 0.25) is 5.91 Å². The Bertz CT molecular complexity index is 1240. The number of nitrogens with zero attached hydrogens (tertiary/aromatic N) is 3. The zero-order chi connectivity index (χ0) is 20.3. The number of nitrogens with one attached hydrogen (secondary N) is 1. The van der Waals surface area contributed by atoms with Gasteiger partial charge in [-0.15, -0.1) is 0 Å². The molecule has 150 valence electrons. The maximum Gasteiger partial charge on any atom is 0.248 e. The monoisotopic (exact) mass is 416 g/mol. The van der Waals surface area contributed by atoms with Gasteiger partial charge in [-0.2, -0.15) is 0 Å². The highest BCUT2D eigenvalue weighted by Gasteiger charge is 2.15. The van der Waals surface area contributed by atoms with Crippen molar-refractivity contribution in [2.75, 3.05) is 36.5 Å². The highest BCUT2D eigenvalue weighted by Crippen LogP contribution is 2.31. The molecule has 1 aliphatic rings. The molecule has 7 heteroatoms. The van der Waals surface area contributed by atoms with Gasteiger partial charge in [0.05, 0.1) is 28.9 Å². The number of anilines is 2. The molecule has 3 heterocycles. The highest BCUT2D eigenvalue weighted by molar-refractivity contribution is 7.22. The second-order valence-electron chi connectivity index (χ2n) is 7.02. The van der Waals surface area contributed by atoms with E-state index in [0.717, 1.165) is 63.8 Å². The van der Waals surface area contributed by atoms with Gasteiger partial charge in [-0.3, -0.25) is 9.78 Å². The van der Waals surface area contributed by atoms with Crippen molar-refractivity contribution in [2.45, 2.75) is 0 Å². The summed E-state index contributed by atoms with van der Waals surface area (Å²) in [4.78, 5) is 23.8. The Hall–Kier alpha value is -3.29. The number of para-hydroxylation sites is 1. The van der Waals surface area contributed by atoms with Crippen LogP contribution in [0.15, 0.2) is 60.8 Å². The van der Waals surface area contributed by atoms with Gasteiger partial charge < -0.3 is 15.0 Å². The summed E-state index contributed by atoms with van der Waals surface area (Å²) in [6.45, 7) is 3.18. The zero-order valence-corrected chi connectivity index (χ0v) is 17.1. The summed E-state index contributed by atoms with van der Waals surface area (Å²) in [6.07, 6.45) is 5.10. The summed E-state index contributed by atoms with van der Waals surface area (Å²) in [7, 11) is 0. The number of fused-ring (bicyclic) bond motifs is 2. The average molecular weight is 417 g/mol. The molecule has 1 saturated heterocycles. The number of thiazole rings is 1. The lowest BCUT2D eigenvalue weighted by atomic mass is 10.1. The fourth-order valence-electron chi connectivity index (χ4n) is 3.49. The van der Waals surface area contributed by atoms with Crippen LogP contribution in [0.25, 0.3) is 27.2 Å². The summed E-state index contributed by atoms with van der Waals surface area (Å²) < 4.78 is 6.47. The van der Waals surface area contributed by atoms with E-state index in [1.807, 2.05) is 48.5 Å². The molecule has 0 bridgehead atoms. The fourth-order valence-corrected chi connectivity index (χ4v) is 4.55. The Balaban J connectivity index is 1.32. The van der Waals surface area contributed by atoms with Gasteiger partial charge in [0, 0.05) is 42.0 Å². The molecule has 1 N–H and O–H groups in total. The van der Waals surface area contributed by atoms with Crippen molar-refractivity contribution >= 4 is 55.3 Å². The second kappa shape index (κ2) is 8.22. The van der Waals surface area contributed by atoms with Crippen molar-refractivity contribution in [1.82, 2.24) is 9.97 Å². The first kappa shape index (κ1) is 18.7. The Morgan fingerprint density at radius 1 is 1.13 bits per heavy atom. The summed E-state index contributed by atoms with van der Waals surface area (Å²) in [6, 6.07) is 15.6. The van der Waals surface area contributed by atoms with Gasteiger partial charge >= 0.3 is 0 Å². The predicted molar refractivity (Wildman–Crippen MR) is 122 cm³/mol. The topological polar surface area (TPSA) is 67.4 Å². The molecular weight excluding hydrogens is 396 g/mol. The number of amides is 1. The third kappa shape index (κ3) is 3.90. The van der Waals surface area contributed by atoms with Crippen LogP contribution in [0.5, 0.6) is 0 Å². The molecule has 0 aliphatic carbocycles. The third-order valence-corrected chi connectivity index (χ3v) is 6.08. The lowest BCUT2D eigenvalue weighted by molar-refractivity contribution is -0.111. The molecule has 5 rings (SSSR count). The highest BCUT2D eigenvalue weighted by atomic mass is 32.1. The van der Waals surface area contributed by atoms with Crippen molar-refractivity contribution in [3.8, 4) is 0 Å². The Kier molecular flexibility index (Phi) is 5.13. The predicted octanol–water partition coefficient (Wildman–Crippen LogP) is 4.33. The van der Waals surface area contributed by atoms with E-state index >= 15 is 0 Å². The fraction of sp³-hybridized carbons (Fsp3) is 0.174. The number of morpholine rings is 1. The zero-order valence-electron chi connectivity index (χ0n) is 16.2. The van der Waals surface area contributed by atoms with E-state index in [-0.39, 0.29) is 5.91 Å². The maximum absolute atomic E-state index is 12.5. The van der Waals surface area contributed by atoms with Crippen LogP contribution in [0.3, 0.4) is 0 Å². The number of benzene rings is 2. The van der Waals surface area contributed by atoms with E-state index < -0.39 is 0 Å². The normalized spacial score (nSPS) is 14.6. The van der Waals surface area contributed by atoms with Crippen LogP contribution in [0.1, 0.15) is 5.56 Å². The SMILES string of the molecule is O=C(/C=C/c1cccc2cccnc12)Nc1ccc2nc(N3CCOCC3)sc2c1. The van der Waals surface area contributed by atoms with Crippen LogP contribution in [0.2, 0.25) is 0 Å². The minimum atomic E-state index is -0.180.